The van der Waals surface area contributed by atoms with Crippen LogP contribution in [-0.2, 0) is 11.0 Å². The number of hydrogen-bond donors (Lipinski definition) is 2. The van der Waals surface area contributed by atoms with E-state index in [1.54, 1.807) is 0 Å². The molecule has 0 rings (SSSR count). The van der Waals surface area contributed by atoms with Gasteiger partial charge in [-0.3, -0.25) is 4.55 Å². The van der Waals surface area contributed by atoms with Gasteiger partial charge in [-0.25, -0.2) is 8.42 Å². The summed E-state index contributed by atoms with van der Waals surface area (Å²) in [7, 11) is -3.12. The molecule has 0 radical (unpaired) electrons. The first-order valence-electron chi connectivity index (χ1n) is 0.565. The van der Waals surface area contributed by atoms with Gasteiger partial charge in [0.1, 0.15) is 0 Å². The molecular weight excluding hydrogens is 289 g/mol. The van der Waals surface area contributed by atoms with E-state index in [1.807, 2.05) is 0 Å². The molecule has 0 aromatic heterocycles. The zero-order chi connectivity index (χ0) is 3.58. The summed E-state index contributed by atoms with van der Waals surface area (Å²) in [6, 6.07) is 0. The van der Waals surface area contributed by atoms with Crippen LogP contribution in [0.25, 0.3) is 0 Å². The molecule has 0 atom stereocenters. The van der Waals surface area contributed by atoms with Gasteiger partial charge in [-0.2, -0.15) is 0 Å². The Morgan fingerprint density at radius 2 is 1.40 bits per heavy atom. The molecule has 5 heavy (non-hydrogen) atoms. The third-order valence-electron chi connectivity index (χ3n) is 0. The molecule has 0 saturated carbocycles. The van der Waals surface area contributed by atoms with E-state index in [1.165, 1.54) is 0 Å². The second-order valence-electron chi connectivity index (χ2n) is 0.238. The van der Waals surface area contributed by atoms with Crippen LogP contribution in [0.5, 0.6) is 0 Å². The molecule has 0 aliphatic rings. The van der Waals surface area contributed by atoms with Gasteiger partial charge in [0, 0.05) is 0 Å². The molecule has 5 heteroatoms. The van der Waals surface area contributed by atoms with Gasteiger partial charge < -0.3 is 0 Å². The van der Waals surface area contributed by atoms with E-state index in [0.29, 0.717) is 0 Å². The number of hydrogen-bond acceptors (Lipinski definition) is 2. The first-order valence-corrected chi connectivity index (χ1v) is 1.70. The van der Waals surface area contributed by atoms with Crippen LogP contribution in [0.15, 0.2) is 0 Å². The van der Waals surface area contributed by atoms with Crippen molar-refractivity contribution in [1.82, 2.24) is 0 Å². The predicted octanol–water partition coefficient (Wildman–Crippen LogP) is -2.11. The van der Waals surface area contributed by atoms with E-state index >= 15 is 0 Å². The van der Waals surface area contributed by atoms with Crippen molar-refractivity contribution in [2.45, 2.75) is 0 Å². The Bertz CT molecular complexity index is 55.3. The van der Waals surface area contributed by atoms with E-state index in [9.17, 15) is 0 Å². The Morgan fingerprint density at radius 3 is 1.40 bits per heavy atom. The van der Waals surface area contributed by atoms with Crippen molar-refractivity contribution in [2.75, 3.05) is 0 Å². The molecule has 0 aliphatic carbocycles. The zero-order valence-corrected chi connectivity index (χ0v) is 8.81. The van der Waals surface area contributed by atoms with E-state index in [0.717, 1.165) is 0 Å². The van der Waals surface area contributed by atoms with Crippen molar-refractivity contribution < 1.29 is 13.0 Å². The molecule has 0 fully saturated rings. The summed E-state index contributed by atoms with van der Waals surface area (Å²) in [5.41, 5.74) is 0. The predicted molar refractivity (Wildman–Crippen MR) is 22.9 cm³/mol. The summed E-state index contributed by atoms with van der Waals surface area (Å²) in [5, 5.41) is 0. The van der Waals surface area contributed by atoms with Gasteiger partial charge in [0.05, 0.1) is 0 Å². The second-order valence-corrected chi connectivity index (χ2v) is 0.714. The van der Waals surface area contributed by atoms with Gasteiger partial charge in [0.25, 0.3) is 11.0 Å². The Balaban J connectivity index is 0. The van der Waals surface area contributed by atoms with Crippen molar-refractivity contribution in [3.63, 3.8) is 0 Å². The van der Waals surface area contributed by atoms with Crippen LogP contribution < -0.4 is 0 Å². The maximum absolute atomic E-state index is 8.59. The minimum absolute atomic E-state index is 0. The van der Waals surface area contributed by atoms with Gasteiger partial charge in [-0.1, -0.05) is 0 Å². The monoisotopic (exact) mass is 294 g/mol. The fraction of sp³-hybridized carbons (Fsp3) is 0. The summed E-state index contributed by atoms with van der Waals surface area (Å²) < 4.78 is 24.2. The molecule has 0 saturated heterocycles. The topological polar surface area (TPSA) is 54.4 Å². The van der Waals surface area contributed by atoms with Gasteiger partial charge in [0.15, 0.2) is 0 Å². The minimum atomic E-state index is -3.12. The van der Waals surface area contributed by atoms with Crippen molar-refractivity contribution in [2.24, 2.45) is 0 Å². The maximum atomic E-state index is 8.59. The fourth-order valence-corrected chi connectivity index (χ4v) is 0. The second kappa shape index (κ2) is 4.79. The normalized spacial score (nSPS) is 6.80. The third-order valence-corrected chi connectivity index (χ3v) is 0. The van der Waals surface area contributed by atoms with E-state index in [4.69, 9.17) is 13.0 Å². The summed E-state index contributed by atoms with van der Waals surface area (Å²) in [6.45, 7) is 0. The number of rotatable bonds is 0. The molecule has 3 nitrogen and oxygen atoms in total. The molecule has 0 amide bonds. The molecule has 0 aromatic carbocycles. The summed E-state index contributed by atoms with van der Waals surface area (Å²) >= 11 is 0. The van der Waals surface area contributed by atoms with Crippen molar-refractivity contribution in [3.8, 4) is 0 Å². The van der Waals surface area contributed by atoms with Crippen LogP contribution in [0, 0.1) is 0 Å². The fourth-order valence-electron chi connectivity index (χ4n) is 0. The quantitative estimate of drug-likeness (QED) is 0.305. The van der Waals surface area contributed by atoms with Crippen LogP contribution in [0.4, 0.5) is 0 Å². The summed E-state index contributed by atoms with van der Waals surface area (Å²) in [4.78, 5) is 0. The zero-order valence-electron chi connectivity index (χ0n) is 2.42. The molecule has 1 N–H and O–H groups in total. The van der Waals surface area contributed by atoms with Gasteiger partial charge in [0.2, 0.25) is 0 Å². The van der Waals surface area contributed by atoms with Crippen LogP contribution in [-0.4, -0.2) is 39.2 Å². The van der Waals surface area contributed by atoms with Crippen LogP contribution in [0.1, 0.15) is 0 Å². The van der Waals surface area contributed by atoms with E-state index in [2.05, 4.69) is 0 Å². The van der Waals surface area contributed by atoms with Gasteiger partial charge >= 0.3 is 26.2 Å². The molecule has 0 heterocycles. The first kappa shape index (κ1) is 9.25. The average Bonchev–Trinajstić information content (AvgIpc) is 0.811. The number of thiol groups is 1. The van der Waals surface area contributed by atoms with Crippen molar-refractivity contribution in [1.29, 1.82) is 0 Å². The average molecular weight is 294 g/mol. The first-order chi connectivity index (χ1) is 1.73. The van der Waals surface area contributed by atoms with Gasteiger partial charge in [-0.05, 0) is 0 Å². The van der Waals surface area contributed by atoms with Gasteiger partial charge in [-0.15, -0.1) is 0 Å². The van der Waals surface area contributed by atoms with Crippen LogP contribution in [0.3, 0.4) is 0 Å². The Kier molecular flexibility index (Phi) is 8.87. The Hall–Kier alpha value is 0.793. The van der Waals surface area contributed by atoms with Crippen LogP contribution in [0.2, 0.25) is 0 Å². The van der Waals surface area contributed by atoms with E-state index < -0.39 is 11.0 Å². The summed E-state index contributed by atoms with van der Waals surface area (Å²) in [5.74, 6) is 0. The molecule has 0 spiro atoms. The standard InChI is InChI=1S/Bi.H2O3S.3H/c;1-4(2)3;;;/h;4H,(H,1,2,3);;;. The molecule has 0 bridgehead atoms. The molecule has 0 aromatic rings. The van der Waals surface area contributed by atoms with Crippen molar-refractivity contribution >= 4 is 37.2 Å². The molecule has 0 aliphatic heterocycles. The third kappa shape index (κ3) is 59.4. The molecular formula is H5BiO3S. The summed E-state index contributed by atoms with van der Waals surface area (Å²) in [6.07, 6.45) is 0. The van der Waals surface area contributed by atoms with E-state index in [-0.39, 0.29) is 26.2 Å². The van der Waals surface area contributed by atoms with Crippen molar-refractivity contribution in [3.05, 3.63) is 0 Å². The molecule has 34 valence electrons. The Morgan fingerprint density at radius 1 is 1.40 bits per heavy atom. The molecule has 0 unspecified atom stereocenters. The van der Waals surface area contributed by atoms with Crippen LogP contribution >= 0.6 is 0 Å². The Labute approximate surface area is 50.3 Å². The SMILES string of the molecule is O=[SH](=O)O.[BiH3].